The summed E-state index contributed by atoms with van der Waals surface area (Å²) in [6.07, 6.45) is 7.59. The van der Waals surface area contributed by atoms with Gasteiger partial charge in [-0.3, -0.25) is 19.1 Å². The third-order valence-corrected chi connectivity index (χ3v) is 15.3. The van der Waals surface area contributed by atoms with E-state index in [1.165, 1.54) is 11.0 Å². The standard InChI is InChI=1S/C42H56IN5O10S/c1-6-26-21-42(26,39(51)47-59(53,54)28-15-16-28)46-37(49)30-19-27-22-48(30)38(50)34(24-12-9-8-10-13-24)45-40(52)57-23-41(3,4)17-11-14-25-18-29-31(58-27)20-32(56-7-2)44-35(29)33(43)36(25)55-5/h6,18,20,24,26-28,30,34H,1,7-17,19,21-23H2,2-5H3,(H,45,52)(H,46,49)(H,47,51)/t26-,27-,30+,34+,42-/m1/s1. The summed E-state index contributed by atoms with van der Waals surface area (Å²) < 4.78 is 53.1. The van der Waals surface area contributed by atoms with Crippen LogP contribution >= 0.6 is 22.6 Å². The van der Waals surface area contributed by atoms with Gasteiger partial charge in [0.2, 0.25) is 27.7 Å². The molecule has 1 aromatic heterocycles. The molecule has 15 nitrogen and oxygen atoms in total. The molecule has 0 unspecified atom stereocenters. The molecule has 3 N–H and O–H groups in total. The summed E-state index contributed by atoms with van der Waals surface area (Å²) in [7, 11) is -2.29. The molecule has 2 aromatic rings. The maximum absolute atomic E-state index is 15.0. The lowest BCUT2D eigenvalue weighted by atomic mass is 9.83. The third-order valence-electron chi connectivity index (χ3n) is 12.5. The Labute approximate surface area is 359 Å². The number of methoxy groups -OCH3 is 1. The van der Waals surface area contributed by atoms with E-state index in [2.05, 4.69) is 44.5 Å². The van der Waals surface area contributed by atoms with Crippen molar-refractivity contribution in [3.63, 3.8) is 0 Å². The van der Waals surface area contributed by atoms with Gasteiger partial charge in [-0.15, -0.1) is 6.58 Å². The summed E-state index contributed by atoms with van der Waals surface area (Å²) >= 11 is 2.23. The minimum Gasteiger partial charge on any atom is -0.495 e. The van der Waals surface area contributed by atoms with E-state index < -0.39 is 68.7 Å². The van der Waals surface area contributed by atoms with Gasteiger partial charge in [0.05, 0.1) is 41.2 Å². The van der Waals surface area contributed by atoms with Gasteiger partial charge < -0.3 is 34.5 Å². The summed E-state index contributed by atoms with van der Waals surface area (Å²) in [6.45, 7) is 10.2. The quantitative estimate of drug-likeness (QED) is 0.207. The van der Waals surface area contributed by atoms with Crippen LogP contribution in [0.25, 0.3) is 10.9 Å². The first-order valence-electron chi connectivity index (χ1n) is 20.8. The zero-order valence-electron chi connectivity index (χ0n) is 34.3. The molecule has 3 heterocycles. The number of carbonyl (C=O) groups is 4. The van der Waals surface area contributed by atoms with E-state index in [-0.39, 0.29) is 37.3 Å². The van der Waals surface area contributed by atoms with E-state index in [1.807, 2.05) is 26.8 Å². The van der Waals surface area contributed by atoms with Crippen LogP contribution in [0.15, 0.2) is 24.8 Å². The van der Waals surface area contributed by atoms with E-state index in [1.54, 1.807) is 13.2 Å². The number of rotatable bonds is 10. The summed E-state index contributed by atoms with van der Waals surface area (Å²) in [4.78, 5) is 63.1. The van der Waals surface area contributed by atoms with Gasteiger partial charge in [-0.25, -0.2) is 18.2 Å². The molecule has 4 fully saturated rings. The molecule has 322 valence electrons. The number of nitrogens with zero attached hydrogens (tertiary/aromatic N) is 2. The number of aromatic nitrogens is 1. The van der Waals surface area contributed by atoms with Crippen LogP contribution in [0.4, 0.5) is 4.79 Å². The lowest BCUT2D eigenvalue weighted by molar-refractivity contribution is -0.142. The number of hydrogen-bond donors (Lipinski definition) is 3. The summed E-state index contributed by atoms with van der Waals surface area (Å²) in [5.74, 6) is -1.15. The van der Waals surface area contributed by atoms with Crippen LogP contribution in [-0.4, -0.2) is 98.0 Å². The van der Waals surface area contributed by atoms with E-state index in [4.69, 9.17) is 23.9 Å². The van der Waals surface area contributed by atoms with E-state index in [0.29, 0.717) is 61.6 Å². The van der Waals surface area contributed by atoms with Crippen molar-refractivity contribution in [1.29, 1.82) is 0 Å². The molecule has 1 saturated heterocycles. The van der Waals surface area contributed by atoms with Crippen LogP contribution in [0.1, 0.15) is 97.0 Å². The Balaban J connectivity index is 1.28. The van der Waals surface area contributed by atoms with E-state index in [9.17, 15) is 27.6 Å². The van der Waals surface area contributed by atoms with Gasteiger partial charge in [0.1, 0.15) is 35.2 Å². The van der Waals surface area contributed by atoms with E-state index in [0.717, 1.165) is 46.6 Å². The van der Waals surface area contributed by atoms with Crippen LogP contribution in [0.2, 0.25) is 0 Å². The molecule has 5 atom stereocenters. The van der Waals surface area contributed by atoms with Gasteiger partial charge in [-0.2, -0.15) is 0 Å². The first-order chi connectivity index (χ1) is 28.1. The van der Waals surface area contributed by atoms with Gasteiger partial charge in [-0.1, -0.05) is 39.2 Å². The molecule has 1 aromatic carbocycles. The normalized spacial score (nSPS) is 27.7. The Morgan fingerprint density at radius 3 is 2.54 bits per heavy atom. The molecular weight excluding hydrogens is 893 g/mol. The lowest BCUT2D eigenvalue weighted by Crippen LogP contribution is -2.59. The minimum atomic E-state index is -3.91. The van der Waals surface area contributed by atoms with Crippen molar-refractivity contribution < 1.29 is 46.5 Å². The summed E-state index contributed by atoms with van der Waals surface area (Å²) in [6, 6.07) is 1.61. The zero-order valence-corrected chi connectivity index (χ0v) is 37.2. The Kier molecular flexibility index (Phi) is 12.6. The fourth-order valence-corrected chi connectivity index (χ4v) is 11.2. The van der Waals surface area contributed by atoms with Crippen LogP contribution in [-0.2, 0) is 35.6 Å². The highest BCUT2D eigenvalue weighted by atomic mass is 127. The van der Waals surface area contributed by atoms with Crippen LogP contribution < -0.4 is 29.6 Å². The number of amides is 4. The Morgan fingerprint density at radius 2 is 1.88 bits per heavy atom. The number of cyclic esters (lactones) is 1. The fraction of sp³-hybridized carbons (Fsp3) is 0.643. The number of pyridine rings is 1. The molecule has 2 aliphatic heterocycles. The van der Waals surface area contributed by atoms with E-state index >= 15 is 0 Å². The molecular formula is C42H56IN5O10S. The zero-order chi connectivity index (χ0) is 42.3. The third kappa shape index (κ3) is 9.25. The first kappa shape index (κ1) is 43.2. The van der Waals surface area contributed by atoms with Crippen LogP contribution in [0, 0.1) is 20.8 Å². The topological polar surface area (TPSA) is 192 Å². The summed E-state index contributed by atoms with van der Waals surface area (Å²) in [5, 5.41) is 5.85. The number of ether oxygens (including phenoxy) is 4. The van der Waals surface area contributed by atoms with Crippen molar-refractivity contribution in [2.75, 3.05) is 26.9 Å². The van der Waals surface area contributed by atoms with Gasteiger partial charge >= 0.3 is 6.09 Å². The highest BCUT2D eigenvalue weighted by Gasteiger charge is 2.62. The molecule has 3 aliphatic carbocycles. The van der Waals surface area contributed by atoms with Crippen molar-refractivity contribution >= 4 is 67.3 Å². The number of benzene rings is 1. The number of halogens is 1. The Hall–Kier alpha value is -3.87. The van der Waals surface area contributed by atoms with Gasteiger partial charge in [0, 0.05) is 23.8 Å². The average Bonchev–Trinajstić information content (AvgIpc) is 4.13. The first-order valence-corrected chi connectivity index (χ1v) is 23.5. The Morgan fingerprint density at radius 1 is 1.14 bits per heavy atom. The van der Waals surface area contributed by atoms with Gasteiger partial charge in [0.15, 0.2) is 0 Å². The molecule has 17 heteroatoms. The lowest BCUT2D eigenvalue weighted by Gasteiger charge is -2.35. The largest absolute Gasteiger partial charge is 0.495 e. The highest BCUT2D eigenvalue weighted by molar-refractivity contribution is 14.1. The second-order valence-electron chi connectivity index (χ2n) is 17.4. The maximum atomic E-state index is 15.0. The molecule has 5 aliphatic rings. The SMILES string of the molecule is C=C[C@@H]1C[C@]1(NC(=O)[C@@H]1C[C@@H]2CN1C(=O)[C@H](C1CCCCC1)NC(=O)OCC(C)(C)CCCc1cc3c(cc(OCC)nc3c(I)c1OC)O2)C(=O)NS(=O)(=O)C1CC1. The number of hydrogen-bond acceptors (Lipinski definition) is 11. The van der Waals surface area contributed by atoms with Crippen molar-refractivity contribution in [3.8, 4) is 17.4 Å². The van der Waals surface area contributed by atoms with Crippen molar-refractivity contribution in [2.24, 2.45) is 17.3 Å². The highest BCUT2D eigenvalue weighted by Crippen LogP contribution is 2.46. The van der Waals surface area contributed by atoms with Gasteiger partial charge in [-0.05, 0) is 104 Å². The minimum absolute atomic E-state index is 0.0159. The maximum Gasteiger partial charge on any atom is 0.407 e. The second-order valence-corrected chi connectivity index (χ2v) is 20.5. The molecule has 4 bridgehead atoms. The smallest absolute Gasteiger partial charge is 0.407 e. The Bertz CT molecular complexity index is 2110. The monoisotopic (exact) mass is 949 g/mol. The molecule has 0 spiro atoms. The fourth-order valence-electron chi connectivity index (χ4n) is 8.89. The predicted octanol–water partition coefficient (Wildman–Crippen LogP) is 5.30. The molecule has 3 saturated carbocycles. The number of fused-ring (bicyclic) bond motifs is 3. The van der Waals surface area contributed by atoms with Crippen LogP contribution in [0.3, 0.4) is 0 Å². The summed E-state index contributed by atoms with van der Waals surface area (Å²) in [5.41, 5.74) is -0.378. The predicted molar refractivity (Wildman–Crippen MR) is 228 cm³/mol. The number of alkyl carbamates (subject to hydrolysis) is 1. The molecule has 0 radical (unpaired) electrons. The van der Waals surface area contributed by atoms with Crippen molar-refractivity contribution in [3.05, 3.63) is 33.9 Å². The number of aryl methyl sites for hydroxylation is 1. The molecule has 4 amide bonds. The molecule has 59 heavy (non-hydrogen) atoms. The number of nitrogens with one attached hydrogen (secondary N) is 3. The van der Waals surface area contributed by atoms with Crippen molar-refractivity contribution in [2.45, 2.75) is 127 Å². The molecule has 7 rings (SSSR count). The average molecular weight is 950 g/mol. The number of carbonyl (C=O) groups excluding carboxylic acids is 4. The van der Waals surface area contributed by atoms with Crippen LogP contribution in [0.5, 0.6) is 17.4 Å². The number of sulfonamides is 1. The second kappa shape index (κ2) is 17.2. The van der Waals surface area contributed by atoms with Gasteiger partial charge in [0.25, 0.3) is 5.91 Å². The van der Waals surface area contributed by atoms with Crippen molar-refractivity contribution in [1.82, 2.24) is 25.2 Å².